The number of phosphoric acid groups is 1. The minimum atomic E-state index is -4.39. The third kappa shape index (κ3) is 3.62. The van der Waals surface area contributed by atoms with Crippen LogP contribution >= 0.6 is 19.6 Å². The lowest BCUT2D eigenvalue weighted by Crippen LogP contribution is -2.41. The van der Waals surface area contributed by atoms with Crippen molar-refractivity contribution in [2.75, 3.05) is 7.11 Å². The molecule has 2 fully saturated rings. The van der Waals surface area contributed by atoms with E-state index in [1.54, 1.807) is 18.9 Å². The maximum Gasteiger partial charge on any atom is 0.527 e. The molecule has 2 aliphatic carbocycles. The molecule has 2 saturated carbocycles. The molecule has 5 rings (SSSR count). The largest absolute Gasteiger partial charge is 0.527 e. The van der Waals surface area contributed by atoms with Crippen molar-refractivity contribution in [2.24, 2.45) is 16.7 Å². The van der Waals surface area contributed by atoms with E-state index in [1.165, 1.54) is 0 Å². The summed E-state index contributed by atoms with van der Waals surface area (Å²) in [6, 6.07) is 13.5. The van der Waals surface area contributed by atoms with E-state index in [-0.39, 0.29) is 16.9 Å². The first-order valence-electron chi connectivity index (χ1n) is 11.0. The predicted octanol–water partition coefficient (Wildman–Crippen LogP) is 7.01. The van der Waals surface area contributed by atoms with E-state index in [1.807, 2.05) is 48.5 Å². The highest BCUT2D eigenvalue weighted by atomic mass is 32.2. The van der Waals surface area contributed by atoms with Crippen LogP contribution in [0.15, 0.2) is 52.3 Å². The lowest BCUT2D eigenvalue weighted by atomic mass is 9.70. The van der Waals surface area contributed by atoms with Gasteiger partial charge < -0.3 is 9.26 Å². The van der Waals surface area contributed by atoms with Crippen LogP contribution in [0, 0.1) is 16.7 Å². The monoisotopic (exact) mass is 472 g/mol. The second-order valence-electron chi connectivity index (χ2n) is 9.95. The molecule has 1 aliphatic heterocycles. The molecule has 2 aromatic rings. The Hall–Kier alpha value is -1.72. The highest BCUT2D eigenvalue weighted by molar-refractivity contribution is 7.99. The fraction of sp³-hybridized carbons (Fsp3) is 0.440. The Labute approximate surface area is 193 Å². The molecule has 32 heavy (non-hydrogen) atoms. The molecule has 0 amide bonds. The van der Waals surface area contributed by atoms with Crippen molar-refractivity contribution in [3.8, 4) is 5.75 Å². The lowest BCUT2D eigenvalue weighted by Gasteiger charge is -2.42. The fourth-order valence-electron chi connectivity index (χ4n) is 5.87. The van der Waals surface area contributed by atoms with Crippen LogP contribution in [0.25, 0.3) is 11.8 Å². The van der Waals surface area contributed by atoms with Crippen LogP contribution in [0.5, 0.6) is 5.75 Å². The molecule has 2 aromatic carbocycles. The average Bonchev–Trinajstić information content (AvgIpc) is 3.16. The number of fused-ring (bicyclic) bond motifs is 4. The molecule has 2 bridgehead atoms. The second kappa shape index (κ2) is 7.66. The van der Waals surface area contributed by atoms with E-state index in [0.29, 0.717) is 23.0 Å². The fourth-order valence-corrected chi connectivity index (χ4v) is 8.25. The summed E-state index contributed by atoms with van der Waals surface area (Å²) >= 11 is 1.56. The van der Waals surface area contributed by atoms with Gasteiger partial charge in [-0.25, -0.2) is 4.57 Å². The number of phosphoric ester groups is 1. The summed E-state index contributed by atoms with van der Waals surface area (Å²) in [7, 11) is -2.77. The van der Waals surface area contributed by atoms with Gasteiger partial charge in [0.25, 0.3) is 0 Å². The smallest absolute Gasteiger partial charge is 0.496 e. The van der Waals surface area contributed by atoms with Crippen molar-refractivity contribution in [1.82, 2.24) is 0 Å². The van der Waals surface area contributed by atoms with Crippen LogP contribution in [0.2, 0.25) is 0 Å². The molecule has 5 nitrogen and oxygen atoms in total. The molecule has 0 radical (unpaired) electrons. The zero-order valence-electron chi connectivity index (χ0n) is 18.8. The Kier molecular flexibility index (Phi) is 5.29. The third-order valence-electron chi connectivity index (χ3n) is 7.47. The van der Waals surface area contributed by atoms with Crippen LogP contribution in [0.1, 0.15) is 51.2 Å². The van der Waals surface area contributed by atoms with Gasteiger partial charge in [0.15, 0.2) is 0 Å². The second-order valence-corrected chi connectivity index (χ2v) is 12.3. The molecular weight excluding hydrogens is 443 g/mol. The summed E-state index contributed by atoms with van der Waals surface area (Å²) in [4.78, 5) is 12.8. The number of ether oxygens (including phenoxy) is 1. The maximum absolute atomic E-state index is 13.4. The third-order valence-corrected chi connectivity index (χ3v) is 9.59. The summed E-state index contributed by atoms with van der Waals surface area (Å²) in [6.45, 7) is 6.46. The van der Waals surface area contributed by atoms with Gasteiger partial charge in [0, 0.05) is 10.5 Å². The van der Waals surface area contributed by atoms with Gasteiger partial charge in [0.2, 0.25) is 0 Å². The molecule has 0 aromatic heterocycles. The van der Waals surface area contributed by atoms with E-state index >= 15 is 0 Å². The minimum Gasteiger partial charge on any atom is -0.496 e. The summed E-state index contributed by atoms with van der Waals surface area (Å²) in [6.07, 6.45) is 4.66. The quantitative estimate of drug-likeness (QED) is 0.473. The van der Waals surface area contributed by atoms with Crippen LogP contribution in [0.4, 0.5) is 0 Å². The van der Waals surface area contributed by atoms with Crippen LogP contribution in [-0.2, 0) is 13.6 Å². The molecule has 4 atom stereocenters. The van der Waals surface area contributed by atoms with Crippen molar-refractivity contribution < 1.29 is 23.2 Å². The summed E-state index contributed by atoms with van der Waals surface area (Å²) in [5.41, 5.74) is 1.35. The molecule has 3 aliphatic rings. The highest BCUT2D eigenvalue weighted by Crippen LogP contribution is 2.67. The topological polar surface area (TPSA) is 65.0 Å². The van der Waals surface area contributed by atoms with Crippen molar-refractivity contribution in [1.29, 1.82) is 0 Å². The van der Waals surface area contributed by atoms with Gasteiger partial charge in [-0.3, -0.25) is 9.42 Å². The summed E-state index contributed by atoms with van der Waals surface area (Å²) in [5.74, 6) is 1.50. The van der Waals surface area contributed by atoms with E-state index in [2.05, 4.69) is 20.8 Å². The molecule has 170 valence electrons. The highest BCUT2D eigenvalue weighted by Gasteiger charge is 2.62. The van der Waals surface area contributed by atoms with E-state index in [9.17, 15) is 9.46 Å². The molecule has 1 N–H and O–H groups in total. The van der Waals surface area contributed by atoms with Gasteiger partial charge in [-0.05, 0) is 65.8 Å². The first-order valence-corrected chi connectivity index (χ1v) is 13.3. The predicted molar refractivity (Wildman–Crippen MR) is 126 cm³/mol. The molecule has 0 saturated heterocycles. The van der Waals surface area contributed by atoms with Gasteiger partial charge in [-0.15, -0.1) is 0 Å². The first kappa shape index (κ1) is 22.1. The zero-order chi connectivity index (χ0) is 22.7. The van der Waals surface area contributed by atoms with E-state index in [4.69, 9.17) is 13.8 Å². The number of rotatable bonds is 5. The van der Waals surface area contributed by atoms with Crippen molar-refractivity contribution in [3.63, 3.8) is 0 Å². The molecular formula is C25H29O5PS. The van der Waals surface area contributed by atoms with Gasteiger partial charge in [-0.2, -0.15) is 0 Å². The zero-order valence-corrected chi connectivity index (χ0v) is 20.5. The number of hydrogen-bond donors (Lipinski definition) is 1. The standard InChI is InChI=1S/C25H29O5PS/c1-24(2)17-12-13-25(3,15-17)23(24)30-31(26,27)29-20-14-16-8-5-6-11-21(16)32-22-18(20)9-7-10-19(22)28-4/h5-11,14,17,23H,12-13,15H2,1-4H3,(H,26,27)/t17-,23-,25+/m0/s1. The SMILES string of the molecule is COc1cccc2c1Sc1ccccc1C=C2OP(=O)(O)O[C@H]1C(C)(C)[C@H]2CC[C@]1(C)C2. The van der Waals surface area contributed by atoms with Gasteiger partial charge in [0.05, 0.1) is 18.1 Å². The van der Waals surface area contributed by atoms with Gasteiger partial charge in [-0.1, -0.05) is 56.8 Å². The summed E-state index contributed by atoms with van der Waals surface area (Å²) in [5, 5.41) is 0. The van der Waals surface area contributed by atoms with Crippen molar-refractivity contribution in [3.05, 3.63) is 53.6 Å². The number of methoxy groups -OCH3 is 1. The molecule has 0 spiro atoms. The molecule has 1 unspecified atom stereocenters. The molecule has 7 heteroatoms. The van der Waals surface area contributed by atoms with E-state index < -0.39 is 7.82 Å². The Morgan fingerprint density at radius 1 is 1.12 bits per heavy atom. The van der Waals surface area contributed by atoms with Gasteiger partial charge in [0.1, 0.15) is 11.5 Å². The van der Waals surface area contributed by atoms with E-state index in [0.717, 1.165) is 34.6 Å². The normalized spacial score (nSPS) is 29.3. The van der Waals surface area contributed by atoms with Crippen LogP contribution in [0.3, 0.4) is 0 Å². The van der Waals surface area contributed by atoms with Gasteiger partial charge >= 0.3 is 7.82 Å². The Balaban J connectivity index is 1.52. The average molecular weight is 473 g/mol. The number of hydrogen-bond acceptors (Lipinski definition) is 5. The first-order chi connectivity index (χ1) is 15.1. The van der Waals surface area contributed by atoms with Crippen molar-refractivity contribution >= 4 is 31.4 Å². The Bertz CT molecular complexity index is 1140. The maximum atomic E-state index is 13.4. The Morgan fingerprint density at radius 3 is 2.62 bits per heavy atom. The van der Waals surface area contributed by atoms with Crippen molar-refractivity contribution in [2.45, 2.75) is 55.9 Å². The lowest BCUT2D eigenvalue weighted by molar-refractivity contribution is -0.0317. The summed E-state index contributed by atoms with van der Waals surface area (Å²) < 4.78 is 30.7. The van der Waals surface area contributed by atoms with Crippen LogP contribution < -0.4 is 4.74 Å². The Morgan fingerprint density at radius 2 is 1.91 bits per heavy atom. The van der Waals surface area contributed by atoms with Crippen LogP contribution in [-0.4, -0.2) is 18.1 Å². The number of benzene rings is 2. The minimum absolute atomic E-state index is 0.0999. The molecule has 1 heterocycles.